The van der Waals surface area contributed by atoms with E-state index >= 15 is 0 Å². The summed E-state index contributed by atoms with van der Waals surface area (Å²) in [5, 5.41) is 11.0. The average Bonchev–Trinajstić information content (AvgIpc) is 2.67. The van der Waals surface area contributed by atoms with Gasteiger partial charge in [0.1, 0.15) is 0 Å². The Labute approximate surface area is 82.8 Å². The van der Waals surface area contributed by atoms with Crippen LogP contribution >= 0.6 is 0 Å². The van der Waals surface area contributed by atoms with E-state index < -0.39 is 0 Å². The van der Waals surface area contributed by atoms with E-state index in [-0.39, 0.29) is 6.10 Å². The standard InChI is InChI=1S/C12H13NO/c1-8-2-3-9-7-11-12(14)4-5-13(11)10(9)6-8/h2-3,6-7,12,14H,4-5H2,1H3. The smallest absolute Gasteiger partial charge is 0.0957 e. The molecule has 1 aromatic carbocycles. The average molecular weight is 187 g/mol. The molecule has 2 nitrogen and oxygen atoms in total. The van der Waals surface area contributed by atoms with Crippen LogP contribution in [0.3, 0.4) is 0 Å². The molecule has 0 aliphatic carbocycles. The van der Waals surface area contributed by atoms with Gasteiger partial charge >= 0.3 is 0 Å². The van der Waals surface area contributed by atoms with Gasteiger partial charge in [-0.3, -0.25) is 0 Å². The summed E-state index contributed by atoms with van der Waals surface area (Å²) in [6.07, 6.45) is 0.599. The Morgan fingerprint density at radius 3 is 3.07 bits per heavy atom. The Balaban J connectivity index is 2.36. The molecular formula is C12H13NO. The van der Waals surface area contributed by atoms with Crippen LogP contribution in [0.4, 0.5) is 0 Å². The molecule has 14 heavy (non-hydrogen) atoms. The Kier molecular flexibility index (Phi) is 1.50. The number of hydrogen-bond donors (Lipinski definition) is 1. The topological polar surface area (TPSA) is 25.2 Å². The molecule has 1 aliphatic heterocycles. The Morgan fingerprint density at radius 2 is 2.21 bits per heavy atom. The van der Waals surface area contributed by atoms with Crippen molar-refractivity contribution in [1.29, 1.82) is 0 Å². The number of hydrogen-bond acceptors (Lipinski definition) is 1. The number of nitrogens with zero attached hydrogens (tertiary/aromatic N) is 1. The van der Waals surface area contributed by atoms with Gasteiger partial charge in [-0.05, 0) is 36.4 Å². The van der Waals surface area contributed by atoms with E-state index in [1.807, 2.05) is 0 Å². The first-order chi connectivity index (χ1) is 6.75. The fourth-order valence-corrected chi connectivity index (χ4v) is 2.31. The van der Waals surface area contributed by atoms with Crippen LogP contribution < -0.4 is 0 Å². The summed E-state index contributed by atoms with van der Waals surface area (Å²) in [6.45, 7) is 3.05. The van der Waals surface area contributed by atoms with Crippen LogP contribution in [0, 0.1) is 6.92 Å². The first kappa shape index (κ1) is 8.06. The summed E-state index contributed by atoms with van der Waals surface area (Å²) in [4.78, 5) is 0. The Hall–Kier alpha value is -1.28. The van der Waals surface area contributed by atoms with Crippen molar-refractivity contribution in [2.45, 2.75) is 26.0 Å². The van der Waals surface area contributed by atoms with Crippen molar-refractivity contribution in [1.82, 2.24) is 4.57 Å². The molecule has 0 fully saturated rings. The maximum Gasteiger partial charge on any atom is 0.0957 e. The molecule has 2 aromatic rings. The zero-order valence-electron chi connectivity index (χ0n) is 8.20. The molecule has 1 aliphatic rings. The first-order valence-corrected chi connectivity index (χ1v) is 5.03. The van der Waals surface area contributed by atoms with Crippen molar-refractivity contribution in [2.24, 2.45) is 0 Å². The molecule has 0 saturated heterocycles. The summed E-state index contributed by atoms with van der Waals surface area (Å²) in [5.41, 5.74) is 3.61. The van der Waals surface area contributed by atoms with Crippen molar-refractivity contribution >= 4 is 10.9 Å². The second kappa shape index (κ2) is 2.61. The number of benzene rings is 1. The number of aromatic nitrogens is 1. The third-order valence-corrected chi connectivity index (χ3v) is 3.06. The second-order valence-corrected chi connectivity index (χ2v) is 4.09. The molecule has 2 heterocycles. The van der Waals surface area contributed by atoms with Gasteiger partial charge in [-0.15, -0.1) is 0 Å². The van der Waals surface area contributed by atoms with E-state index in [2.05, 4.69) is 35.8 Å². The molecule has 0 spiro atoms. The van der Waals surface area contributed by atoms with Crippen LogP contribution in [0.25, 0.3) is 10.9 Å². The minimum Gasteiger partial charge on any atom is -0.387 e. The largest absolute Gasteiger partial charge is 0.387 e. The van der Waals surface area contributed by atoms with Crippen LogP contribution in [-0.2, 0) is 6.54 Å². The minimum atomic E-state index is -0.261. The van der Waals surface area contributed by atoms with E-state index in [0.29, 0.717) is 0 Å². The van der Waals surface area contributed by atoms with Crippen molar-refractivity contribution in [2.75, 3.05) is 0 Å². The number of aryl methyl sites for hydroxylation is 2. The van der Waals surface area contributed by atoms with Crippen LogP contribution in [0.5, 0.6) is 0 Å². The molecule has 1 atom stereocenters. The molecule has 2 heteroatoms. The van der Waals surface area contributed by atoms with E-state index in [0.717, 1.165) is 18.7 Å². The highest BCUT2D eigenvalue weighted by atomic mass is 16.3. The highest BCUT2D eigenvalue weighted by Crippen LogP contribution is 2.32. The summed E-state index contributed by atoms with van der Waals surface area (Å²) >= 11 is 0. The maximum absolute atomic E-state index is 9.73. The van der Waals surface area contributed by atoms with Gasteiger partial charge in [0.15, 0.2) is 0 Å². The lowest BCUT2D eigenvalue weighted by Crippen LogP contribution is -1.91. The van der Waals surface area contributed by atoms with Gasteiger partial charge < -0.3 is 9.67 Å². The molecular weight excluding hydrogens is 174 g/mol. The third kappa shape index (κ3) is 0.946. The van der Waals surface area contributed by atoms with Gasteiger partial charge in [-0.2, -0.15) is 0 Å². The van der Waals surface area contributed by atoms with Crippen molar-refractivity contribution in [3.8, 4) is 0 Å². The van der Waals surface area contributed by atoms with Crippen LogP contribution in [0.15, 0.2) is 24.3 Å². The van der Waals surface area contributed by atoms with Crippen molar-refractivity contribution in [3.63, 3.8) is 0 Å². The normalized spacial score (nSPS) is 20.3. The SMILES string of the molecule is Cc1ccc2cc3n(c2c1)CCC3O. The quantitative estimate of drug-likeness (QED) is 0.673. The van der Waals surface area contributed by atoms with E-state index in [4.69, 9.17) is 0 Å². The summed E-state index contributed by atoms with van der Waals surface area (Å²) in [5.74, 6) is 0. The lowest BCUT2D eigenvalue weighted by atomic mass is 10.1. The zero-order valence-corrected chi connectivity index (χ0v) is 8.20. The van der Waals surface area contributed by atoms with E-state index in [1.165, 1.54) is 16.5 Å². The molecule has 0 saturated carbocycles. The minimum absolute atomic E-state index is 0.261. The Morgan fingerprint density at radius 1 is 1.36 bits per heavy atom. The Bertz CT molecular complexity index is 498. The summed E-state index contributed by atoms with van der Waals surface area (Å²) in [7, 11) is 0. The molecule has 1 unspecified atom stereocenters. The highest BCUT2D eigenvalue weighted by molar-refractivity contribution is 5.82. The lowest BCUT2D eigenvalue weighted by Gasteiger charge is -2.00. The molecule has 1 N–H and O–H groups in total. The molecule has 0 amide bonds. The third-order valence-electron chi connectivity index (χ3n) is 3.06. The summed E-state index contributed by atoms with van der Waals surface area (Å²) in [6, 6.07) is 8.54. The fraction of sp³-hybridized carbons (Fsp3) is 0.333. The van der Waals surface area contributed by atoms with Gasteiger partial charge in [0.2, 0.25) is 0 Å². The van der Waals surface area contributed by atoms with E-state index in [9.17, 15) is 5.11 Å². The molecule has 72 valence electrons. The van der Waals surface area contributed by atoms with Gasteiger partial charge in [0.05, 0.1) is 6.10 Å². The van der Waals surface area contributed by atoms with Crippen molar-refractivity contribution in [3.05, 3.63) is 35.5 Å². The number of aliphatic hydroxyl groups is 1. The van der Waals surface area contributed by atoms with Gasteiger partial charge in [0.25, 0.3) is 0 Å². The molecule has 3 rings (SSSR count). The number of fused-ring (bicyclic) bond motifs is 3. The molecule has 0 bridgehead atoms. The fourth-order valence-electron chi connectivity index (χ4n) is 2.31. The number of rotatable bonds is 0. The van der Waals surface area contributed by atoms with Gasteiger partial charge in [-0.25, -0.2) is 0 Å². The monoisotopic (exact) mass is 187 g/mol. The second-order valence-electron chi connectivity index (χ2n) is 4.09. The lowest BCUT2D eigenvalue weighted by molar-refractivity contribution is 0.180. The zero-order chi connectivity index (χ0) is 9.71. The van der Waals surface area contributed by atoms with Crippen LogP contribution in [-0.4, -0.2) is 9.67 Å². The number of aliphatic hydroxyl groups excluding tert-OH is 1. The maximum atomic E-state index is 9.73. The van der Waals surface area contributed by atoms with Crippen LogP contribution in [0.2, 0.25) is 0 Å². The van der Waals surface area contributed by atoms with Crippen LogP contribution in [0.1, 0.15) is 23.8 Å². The molecule has 0 radical (unpaired) electrons. The first-order valence-electron chi connectivity index (χ1n) is 5.03. The predicted molar refractivity (Wildman–Crippen MR) is 56.3 cm³/mol. The molecule has 1 aromatic heterocycles. The predicted octanol–water partition coefficient (Wildman–Crippen LogP) is 2.39. The highest BCUT2D eigenvalue weighted by Gasteiger charge is 2.22. The van der Waals surface area contributed by atoms with Gasteiger partial charge in [-0.1, -0.05) is 12.1 Å². The van der Waals surface area contributed by atoms with Gasteiger partial charge in [0, 0.05) is 17.8 Å². The van der Waals surface area contributed by atoms with Crippen molar-refractivity contribution < 1.29 is 5.11 Å². The summed E-state index contributed by atoms with van der Waals surface area (Å²) < 4.78 is 2.23. The van der Waals surface area contributed by atoms with E-state index in [1.54, 1.807) is 0 Å².